The first-order valence-corrected chi connectivity index (χ1v) is 11.5. The number of benzene rings is 3. The average Bonchev–Trinajstić information content (AvgIpc) is 3.45. The summed E-state index contributed by atoms with van der Waals surface area (Å²) in [5.41, 5.74) is 3.12. The number of aliphatic hydroxyl groups is 1. The van der Waals surface area contributed by atoms with Gasteiger partial charge in [0.2, 0.25) is 0 Å². The summed E-state index contributed by atoms with van der Waals surface area (Å²) in [5.74, 6) is -2.04. The molecule has 1 heterocycles. The van der Waals surface area contributed by atoms with Gasteiger partial charge in [0.25, 0.3) is 5.78 Å². The molecule has 174 valence electrons. The lowest BCUT2D eigenvalue weighted by Gasteiger charge is -2.36. The Morgan fingerprint density at radius 2 is 1.37 bits per heavy atom. The molecule has 35 heavy (non-hydrogen) atoms. The number of hydrogen-bond acceptors (Lipinski definition) is 5. The number of fused-ring (bicyclic) bond motifs is 1. The zero-order chi connectivity index (χ0) is 24.4. The Bertz CT molecular complexity index is 1310. The van der Waals surface area contributed by atoms with Crippen LogP contribution < -0.4 is 0 Å². The number of ketones is 1. The van der Waals surface area contributed by atoms with E-state index in [2.05, 4.69) is 36.4 Å². The summed E-state index contributed by atoms with van der Waals surface area (Å²) >= 11 is 0. The number of ether oxygens (including phenoxy) is 1. The molecule has 0 amide bonds. The minimum Gasteiger partial charge on any atom is -0.507 e. The number of nitrogens with zero attached hydrogens (tertiary/aromatic N) is 2. The van der Waals surface area contributed by atoms with Gasteiger partial charge < -0.3 is 9.84 Å². The molecule has 5 rings (SSSR count). The van der Waals surface area contributed by atoms with Crippen LogP contribution in [0.2, 0.25) is 0 Å². The molecule has 0 saturated carbocycles. The van der Waals surface area contributed by atoms with Gasteiger partial charge >= 0.3 is 5.97 Å². The van der Waals surface area contributed by atoms with E-state index >= 15 is 0 Å². The Kier molecular flexibility index (Phi) is 5.79. The van der Waals surface area contributed by atoms with Gasteiger partial charge in [-0.2, -0.15) is 5.10 Å². The van der Waals surface area contributed by atoms with Crippen molar-refractivity contribution in [2.75, 3.05) is 6.61 Å². The molecular weight excluding hydrogens is 440 g/mol. The van der Waals surface area contributed by atoms with E-state index in [4.69, 9.17) is 9.84 Å². The lowest BCUT2D eigenvalue weighted by molar-refractivity contribution is -0.151. The molecular formula is C29H24N2O4. The second-order valence-electron chi connectivity index (χ2n) is 8.30. The molecule has 0 spiro atoms. The number of hydrogen-bond donors (Lipinski definition) is 1. The topological polar surface area (TPSA) is 81.4 Å². The van der Waals surface area contributed by atoms with Crippen LogP contribution >= 0.6 is 0 Å². The molecule has 0 aliphatic heterocycles. The Hall–Kier alpha value is -4.45. The summed E-state index contributed by atoms with van der Waals surface area (Å²) in [4.78, 5) is 24.5. The van der Waals surface area contributed by atoms with Gasteiger partial charge in [-0.15, -0.1) is 0 Å². The third kappa shape index (κ3) is 3.64. The number of carbonyl (C=O) groups excluding carboxylic acids is 2. The average molecular weight is 465 g/mol. The van der Waals surface area contributed by atoms with Gasteiger partial charge in [-0.3, -0.25) is 9.48 Å². The van der Waals surface area contributed by atoms with Crippen LogP contribution in [0.5, 0.6) is 0 Å². The smallest absolute Gasteiger partial charge is 0.379 e. The van der Waals surface area contributed by atoms with Crippen LogP contribution in [-0.4, -0.2) is 33.2 Å². The second kappa shape index (κ2) is 9.06. The molecule has 6 heteroatoms. The highest BCUT2D eigenvalue weighted by Gasteiger charge is 2.42. The maximum Gasteiger partial charge on any atom is 0.379 e. The zero-order valence-electron chi connectivity index (χ0n) is 19.2. The van der Waals surface area contributed by atoms with Gasteiger partial charge in [-0.25, -0.2) is 4.79 Å². The number of aliphatic hydroxyl groups excluding tert-OH is 1. The number of aromatic nitrogens is 2. The van der Waals surface area contributed by atoms with E-state index in [0.717, 1.165) is 16.7 Å². The highest BCUT2D eigenvalue weighted by molar-refractivity contribution is 6.42. The summed E-state index contributed by atoms with van der Waals surface area (Å²) < 4.78 is 6.68. The van der Waals surface area contributed by atoms with E-state index in [0.29, 0.717) is 11.3 Å². The molecule has 0 atom stereocenters. The summed E-state index contributed by atoms with van der Waals surface area (Å²) in [6, 6.07) is 30.1. The summed E-state index contributed by atoms with van der Waals surface area (Å²) in [5, 5.41) is 15.8. The molecule has 4 aromatic rings. The van der Waals surface area contributed by atoms with Crippen molar-refractivity contribution in [2.45, 2.75) is 18.9 Å². The molecule has 1 aliphatic rings. The van der Waals surface area contributed by atoms with Gasteiger partial charge in [-0.1, -0.05) is 91.0 Å². The van der Waals surface area contributed by atoms with E-state index in [1.807, 2.05) is 59.3 Å². The fraction of sp³-hybridized carbons (Fsp3) is 0.138. The van der Waals surface area contributed by atoms with E-state index in [-0.39, 0.29) is 24.4 Å². The van der Waals surface area contributed by atoms with Gasteiger partial charge in [0.1, 0.15) is 11.3 Å². The van der Waals surface area contributed by atoms with Crippen LogP contribution in [0, 0.1) is 0 Å². The summed E-state index contributed by atoms with van der Waals surface area (Å²) in [6.07, 6.45) is 1.81. The maximum atomic E-state index is 12.5. The molecule has 0 radical (unpaired) electrons. The number of esters is 1. The maximum absolute atomic E-state index is 12.5. The van der Waals surface area contributed by atoms with Gasteiger partial charge in [0, 0.05) is 12.6 Å². The van der Waals surface area contributed by atoms with E-state index in [9.17, 15) is 14.7 Å². The molecule has 0 fully saturated rings. The van der Waals surface area contributed by atoms with E-state index in [1.54, 1.807) is 13.1 Å². The van der Waals surface area contributed by atoms with Crippen LogP contribution in [0.25, 0.3) is 5.76 Å². The van der Waals surface area contributed by atoms with Crippen LogP contribution in [0.4, 0.5) is 0 Å². The molecule has 0 bridgehead atoms. The third-order valence-electron chi connectivity index (χ3n) is 6.33. The van der Waals surface area contributed by atoms with Crippen molar-refractivity contribution in [3.05, 3.63) is 131 Å². The van der Waals surface area contributed by atoms with Crippen molar-refractivity contribution >= 4 is 17.5 Å². The van der Waals surface area contributed by atoms with Crippen LogP contribution in [0.15, 0.2) is 103 Å². The SMILES string of the molecule is CCOC(=O)C(=O)C1=C(O)c2cn(C(c3ccccc3)(c3ccccc3)c3ccccc3)nc2C1. The molecule has 6 nitrogen and oxygen atoms in total. The largest absolute Gasteiger partial charge is 0.507 e. The highest BCUT2D eigenvalue weighted by atomic mass is 16.5. The molecule has 1 aromatic heterocycles. The van der Waals surface area contributed by atoms with Crippen molar-refractivity contribution in [1.82, 2.24) is 9.78 Å². The lowest BCUT2D eigenvalue weighted by Crippen LogP contribution is -2.38. The number of Topliss-reactive ketones (excluding diaryl/α,β-unsaturated/α-hetero) is 1. The molecule has 0 unspecified atom stereocenters. The van der Waals surface area contributed by atoms with Crippen molar-refractivity contribution in [3.63, 3.8) is 0 Å². The molecule has 0 saturated heterocycles. The minimum absolute atomic E-state index is 0.0119. The Morgan fingerprint density at radius 1 is 0.886 bits per heavy atom. The predicted octanol–water partition coefficient (Wildman–Crippen LogP) is 4.68. The fourth-order valence-corrected chi connectivity index (χ4v) is 4.77. The zero-order valence-corrected chi connectivity index (χ0v) is 19.2. The van der Waals surface area contributed by atoms with Crippen molar-refractivity contribution in [2.24, 2.45) is 0 Å². The first kappa shape index (κ1) is 22.3. The monoisotopic (exact) mass is 464 g/mol. The predicted molar refractivity (Wildman–Crippen MR) is 132 cm³/mol. The van der Waals surface area contributed by atoms with Crippen LogP contribution in [0.3, 0.4) is 0 Å². The first-order valence-electron chi connectivity index (χ1n) is 11.5. The Labute approximate surface area is 203 Å². The van der Waals surface area contributed by atoms with Gasteiger partial charge in [0.15, 0.2) is 0 Å². The Morgan fingerprint density at radius 3 is 1.80 bits per heavy atom. The molecule has 1 aliphatic carbocycles. The molecule has 3 aromatic carbocycles. The fourth-order valence-electron chi connectivity index (χ4n) is 4.77. The van der Waals surface area contributed by atoms with Gasteiger partial charge in [-0.05, 0) is 23.6 Å². The number of carbonyl (C=O) groups is 2. The van der Waals surface area contributed by atoms with Crippen LogP contribution in [0.1, 0.15) is 34.9 Å². The highest BCUT2D eigenvalue weighted by Crippen LogP contribution is 2.42. The van der Waals surface area contributed by atoms with E-state index in [1.165, 1.54) is 0 Å². The Balaban J connectivity index is 1.73. The van der Waals surface area contributed by atoms with Crippen molar-refractivity contribution < 1.29 is 19.4 Å². The minimum atomic E-state index is -0.973. The quantitative estimate of drug-likeness (QED) is 0.244. The third-order valence-corrected chi connectivity index (χ3v) is 6.33. The standard InChI is InChI=1S/C29H24N2O4/c1-2-35-28(34)27(33)23-18-25-24(26(23)32)19-31(30-25)29(20-12-6-3-7-13-20,21-14-8-4-9-15-21)22-16-10-5-11-17-22/h3-17,19,32H,2,18H2,1H3. The summed E-state index contributed by atoms with van der Waals surface area (Å²) in [7, 11) is 0. The van der Waals surface area contributed by atoms with Gasteiger partial charge in [0.05, 0.1) is 23.4 Å². The van der Waals surface area contributed by atoms with E-state index < -0.39 is 17.3 Å². The first-order chi connectivity index (χ1) is 17.1. The normalized spacial score (nSPS) is 12.9. The second-order valence-corrected chi connectivity index (χ2v) is 8.30. The molecule has 1 N–H and O–H groups in total. The van der Waals surface area contributed by atoms with Crippen LogP contribution in [-0.2, 0) is 26.3 Å². The summed E-state index contributed by atoms with van der Waals surface area (Å²) in [6.45, 7) is 1.72. The van der Waals surface area contributed by atoms with Crippen molar-refractivity contribution in [1.29, 1.82) is 0 Å². The van der Waals surface area contributed by atoms with Crippen molar-refractivity contribution in [3.8, 4) is 0 Å². The lowest BCUT2D eigenvalue weighted by atomic mass is 9.77. The number of rotatable bonds is 7.